The van der Waals surface area contributed by atoms with Crippen LogP contribution in [0, 0.1) is 13.8 Å². The molecule has 1 aromatic heterocycles. The highest BCUT2D eigenvalue weighted by molar-refractivity contribution is 7.11. The number of morpholine rings is 1. The van der Waals surface area contributed by atoms with Crippen LogP contribution in [-0.2, 0) is 22.6 Å². The molecule has 3 aromatic rings. The average molecular weight is 506 g/mol. The maximum absolute atomic E-state index is 13.7. The summed E-state index contributed by atoms with van der Waals surface area (Å²) in [4.78, 5) is 35.5. The number of thiophene rings is 1. The first-order valence-corrected chi connectivity index (χ1v) is 13.3. The molecule has 1 fully saturated rings. The van der Waals surface area contributed by atoms with Crippen molar-refractivity contribution in [3.05, 3.63) is 93.2 Å². The van der Waals surface area contributed by atoms with E-state index in [1.54, 1.807) is 16.2 Å². The Kier molecular flexibility index (Phi) is 9.28. The molecule has 0 bridgehead atoms. The number of hydrogen-bond donors (Lipinski definition) is 0. The van der Waals surface area contributed by atoms with Gasteiger partial charge in [-0.15, -0.1) is 11.3 Å². The fourth-order valence-electron chi connectivity index (χ4n) is 4.28. The van der Waals surface area contributed by atoms with Gasteiger partial charge in [0.1, 0.15) is 6.54 Å². The Labute approximate surface area is 218 Å². The Bertz CT molecular complexity index is 1120. The third kappa shape index (κ3) is 7.50. The normalized spacial score (nSPS) is 13.9. The van der Waals surface area contributed by atoms with Gasteiger partial charge in [0.2, 0.25) is 5.91 Å². The Morgan fingerprint density at radius 3 is 2.28 bits per heavy atom. The molecule has 7 heteroatoms. The number of hydrogen-bond acceptors (Lipinski definition) is 5. The van der Waals surface area contributed by atoms with Crippen LogP contribution in [0.2, 0.25) is 0 Å². The number of rotatable bonds is 10. The van der Waals surface area contributed by atoms with Crippen LogP contribution in [0.15, 0.2) is 66.7 Å². The Balaban J connectivity index is 1.52. The van der Waals surface area contributed by atoms with Gasteiger partial charge in [-0.25, -0.2) is 0 Å². The van der Waals surface area contributed by atoms with Crippen LogP contribution < -0.4 is 0 Å². The maximum atomic E-state index is 13.7. The molecule has 0 saturated carbocycles. The third-order valence-corrected chi connectivity index (χ3v) is 7.40. The predicted molar refractivity (Wildman–Crippen MR) is 144 cm³/mol. The number of nitrogens with zero attached hydrogens (tertiary/aromatic N) is 3. The molecule has 0 atom stereocenters. The minimum atomic E-state index is -0.108. The maximum Gasteiger partial charge on any atom is 0.254 e. The van der Waals surface area contributed by atoms with Gasteiger partial charge in [0.05, 0.1) is 19.8 Å². The molecule has 0 spiro atoms. The minimum Gasteiger partial charge on any atom is -0.379 e. The fourth-order valence-corrected chi connectivity index (χ4v) is 5.18. The topological polar surface area (TPSA) is 53.1 Å². The van der Waals surface area contributed by atoms with Crippen molar-refractivity contribution in [3.8, 4) is 0 Å². The van der Waals surface area contributed by atoms with Crippen LogP contribution in [0.3, 0.4) is 0 Å². The van der Waals surface area contributed by atoms with Crippen molar-refractivity contribution in [3.63, 3.8) is 0 Å². The summed E-state index contributed by atoms with van der Waals surface area (Å²) in [6.07, 6.45) is 0. The highest BCUT2D eigenvalue weighted by Crippen LogP contribution is 2.19. The molecule has 0 aliphatic carbocycles. The van der Waals surface area contributed by atoms with Crippen molar-refractivity contribution in [1.82, 2.24) is 14.7 Å². The fraction of sp³-hybridized carbons (Fsp3) is 0.379. The van der Waals surface area contributed by atoms with Crippen molar-refractivity contribution in [2.75, 3.05) is 45.9 Å². The van der Waals surface area contributed by atoms with Gasteiger partial charge in [0.15, 0.2) is 0 Å². The number of amides is 2. The predicted octanol–water partition coefficient (Wildman–Crippen LogP) is 4.37. The first kappa shape index (κ1) is 26.1. The number of ether oxygens (including phenoxy) is 1. The minimum absolute atomic E-state index is 0.0488. The van der Waals surface area contributed by atoms with Crippen LogP contribution in [0.25, 0.3) is 0 Å². The Morgan fingerprint density at radius 1 is 0.889 bits per heavy atom. The zero-order chi connectivity index (χ0) is 25.3. The largest absolute Gasteiger partial charge is 0.379 e. The zero-order valence-corrected chi connectivity index (χ0v) is 22.0. The first-order valence-electron chi connectivity index (χ1n) is 12.5. The first-order chi connectivity index (χ1) is 17.5. The quantitative estimate of drug-likeness (QED) is 0.411. The van der Waals surface area contributed by atoms with Gasteiger partial charge in [-0.3, -0.25) is 14.5 Å². The van der Waals surface area contributed by atoms with E-state index in [4.69, 9.17) is 4.74 Å². The lowest BCUT2D eigenvalue weighted by molar-refractivity contribution is -0.133. The van der Waals surface area contributed by atoms with Crippen molar-refractivity contribution in [2.24, 2.45) is 0 Å². The summed E-state index contributed by atoms with van der Waals surface area (Å²) < 4.78 is 5.46. The van der Waals surface area contributed by atoms with E-state index >= 15 is 0 Å². The van der Waals surface area contributed by atoms with Crippen LogP contribution in [0.1, 0.15) is 31.2 Å². The lowest BCUT2D eigenvalue weighted by atomic mass is 10.1. The SMILES string of the molecule is Cc1ccc(C(=O)N(CCN2CCOCC2)CC(=O)N(Cc2ccccc2)Cc2ccc(C)s2)cc1. The monoisotopic (exact) mass is 505 g/mol. The standard InChI is InChI=1S/C29H35N3O3S/c1-23-8-11-26(12-9-23)29(34)31(15-14-30-16-18-35-19-17-30)22-28(33)32(20-25-6-4-3-5-7-25)21-27-13-10-24(2)36-27/h3-13H,14-22H2,1-2H3. The van der Waals surface area contributed by atoms with E-state index in [0.29, 0.717) is 38.4 Å². The zero-order valence-electron chi connectivity index (χ0n) is 21.2. The number of carbonyl (C=O) groups excluding carboxylic acids is 2. The van der Waals surface area contributed by atoms with E-state index < -0.39 is 0 Å². The van der Waals surface area contributed by atoms with Gasteiger partial charge in [0, 0.05) is 48.0 Å². The van der Waals surface area contributed by atoms with E-state index in [0.717, 1.165) is 35.6 Å². The van der Waals surface area contributed by atoms with Crippen LogP contribution >= 0.6 is 11.3 Å². The molecule has 2 heterocycles. The molecule has 6 nitrogen and oxygen atoms in total. The van der Waals surface area contributed by atoms with E-state index in [9.17, 15) is 9.59 Å². The molecule has 1 saturated heterocycles. The summed E-state index contributed by atoms with van der Waals surface area (Å²) in [7, 11) is 0. The third-order valence-electron chi connectivity index (χ3n) is 6.41. The van der Waals surface area contributed by atoms with E-state index in [2.05, 4.69) is 24.0 Å². The smallest absolute Gasteiger partial charge is 0.254 e. The van der Waals surface area contributed by atoms with Gasteiger partial charge in [0.25, 0.3) is 5.91 Å². The summed E-state index contributed by atoms with van der Waals surface area (Å²) in [5, 5.41) is 0. The van der Waals surface area contributed by atoms with Gasteiger partial charge in [-0.05, 0) is 43.7 Å². The molecule has 0 unspecified atom stereocenters. The molecule has 0 N–H and O–H groups in total. The molecule has 4 rings (SSSR count). The van der Waals surface area contributed by atoms with E-state index in [1.807, 2.05) is 66.4 Å². The van der Waals surface area contributed by atoms with Crippen LogP contribution in [-0.4, -0.2) is 72.5 Å². The van der Waals surface area contributed by atoms with Crippen molar-refractivity contribution in [1.29, 1.82) is 0 Å². The second kappa shape index (κ2) is 12.8. The van der Waals surface area contributed by atoms with Crippen LogP contribution in [0.5, 0.6) is 0 Å². The van der Waals surface area contributed by atoms with E-state index in [-0.39, 0.29) is 18.4 Å². The molecular formula is C29H35N3O3S. The molecular weight excluding hydrogens is 470 g/mol. The number of benzene rings is 2. The molecule has 1 aliphatic heterocycles. The summed E-state index contributed by atoms with van der Waals surface area (Å²) in [6.45, 7) is 9.48. The molecule has 190 valence electrons. The summed E-state index contributed by atoms with van der Waals surface area (Å²) in [5.41, 5.74) is 2.78. The number of carbonyl (C=O) groups is 2. The van der Waals surface area contributed by atoms with Crippen molar-refractivity contribution >= 4 is 23.2 Å². The highest BCUT2D eigenvalue weighted by Gasteiger charge is 2.24. The lowest BCUT2D eigenvalue weighted by Crippen LogP contribution is -2.47. The molecule has 36 heavy (non-hydrogen) atoms. The summed E-state index contributed by atoms with van der Waals surface area (Å²) in [5.74, 6) is -0.157. The molecule has 0 radical (unpaired) electrons. The van der Waals surface area contributed by atoms with Crippen molar-refractivity contribution < 1.29 is 14.3 Å². The lowest BCUT2D eigenvalue weighted by Gasteiger charge is -2.31. The number of aryl methyl sites for hydroxylation is 2. The highest BCUT2D eigenvalue weighted by atomic mass is 32.1. The molecule has 1 aliphatic rings. The Morgan fingerprint density at radius 2 is 1.61 bits per heavy atom. The van der Waals surface area contributed by atoms with Crippen molar-refractivity contribution in [2.45, 2.75) is 26.9 Å². The van der Waals surface area contributed by atoms with Crippen LogP contribution in [0.4, 0.5) is 0 Å². The second-order valence-corrected chi connectivity index (χ2v) is 10.7. The van der Waals surface area contributed by atoms with Gasteiger partial charge >= 0.3 is 0 Å². The van der Waals surface area contributed by atoms with E-state index in [1.165, 1.54) is 4.88 Å². The Hall–Kier alpha value is -3.00. The molecule has 2 amide bonds. The van der Waals surface area contributed by atoms with Gasteiger partial charge < -0.3 is 14.5 Å². The van der Waals surface area contributed by atoms with Gasteiger partial charge in [-0.2, -0.15) is 0 Å². The van der Waals surface area contributed by atoms with Gasteiger partial charge in [-0.1, -0.05) is 48.0 Å². The average Bonchev–Trinajstić information content (AvgIpc) is 3.31. The molecule has 2 aromatic carbocycles. The summed E-state index contributed by atoms with van der Waals surface area (Å²) in [6, 6.07) is 21.8. The summed E-state index contributed by atoms with van der Waals surface area (Å²) >= 11 is 1.70. The second-order valence-electron chi connectivity index (χ2n) is 9.29.